The number of nitrogens with one attached hydrogen (secondary N) is 1. The van der Waals surface area contributed by atoms with E-state index in [1.54, 1.807) is 24.3 Å². The van der Waals surface area contributed by atoms with Crippen LogP contribution in [0.25, 0.3) is 4.96 Å². The minimum absolute atomic E-state index is 0.0808. The van der Waals surface area contributed by atoms with Crippen LogP contribution in [0.15, 0.2) is 59.4 Å². The van der Waals surface area contributed by atoms with E-state index in [4.69, 9.17) is 9.47 Å². The van der Waals surface area contributed by atoms with Gasteiger partial charge in [0.05, 0.1) is 5.69 Å². The van der Waals surface area contributed by atoms with Crippen LogP contribution in [0, 0.1) is 6.92 Å². The highest BCUT2D eigenvalue weighted by Gasteiger charge is 2.09. The van der Waals surface area contributed by atoms with Gasteiger partial charge in [-0.2, -0.15) is 9.61 Å². The normalized spacial score (nSPS) is 10.8. The monoisotopic (exact) mass is 464 g/mol. The molecule has 4 rings (SSSR count). The van der Waals surface area contributed by atoms with Crippen molar-refractivity contribution in [2.24, 2.45) is 0 Å². The molecule has 4 aromatic rings. The van der Waals surface area contributed by atoms with Gasteiger partial charge in [0.2, 0.25) is 4.96 Å². The zero-order valence-corrected chi connectivity index (χ0v) is 19.2. The van der Waals surface area contributed by atoms with Crippen LogP contribution in [0.1, 0.15) is 29.6 Å². The van der Waals surface area contributed by atoms with Gasteiger partial charge in [-0.15, -0.1) is 0 Å². The molecular weight excluding hydrogens is 440 g/mol. The van der Waals surface area contributed by atoms with Crippen molar-refractivity contribution < 1.29 is 14.3 Å². The van der Waals surface area contributed by atoms with Crippen molar-refractivity contribution in [2.75, 3.05) is 11.9 Å². The first-order chi connectivity index (χ1) is 16.0. The summed E-state index contributed by atoms with van der Waals surface area (Å²) in [6, 6.07) is 15.9. The highest BCUT2D eigenvalue weighted by Crippen LogP contribution is 2.18. The Morgan fingerprint density at radius 1 is 1.06 bits per heavy atom. The van der Waals surface area contributed by atoms with Crippen LogP contribution in [0.3, 0.4) is 0 Å². The number of hydrogen-bond acceptors (Lipinski definition) is 7. The van der Waals surface area contributed by atoms with Gasteiger partial charge in [-0.3, -0.25) is 9.59 Å². The number of ether oxygens (including phenoxy) is 2. The number of aryl methyl sites for hydroxylation is 2. The van der Waals surface area contributed by atoms with Gasteiger partial charge in [-0.25, -0.2) is 4.98 Å². The first kappa shape index (κ1) is 22.5. The van der Waals surface area contributed by atoms with Gasteiger partial charge in [0, 0.05) is 18.2 Å². The van der Waals surface area contributed by atoms with Crippen molar-refractivity contribution in [3.05, 3.63) is 81.2 Å². The first-order valence-corrected chi connectivity index (χ1v) is 11.4. The predicted octanol–water partition coefficient (Wildman–Crippen LogP) is 4.01. The van der Waals surface area contributed by atoms with Gasteiger partial charge < -0.3 is 14.8 Å². The van der Waals surface area contributed by atoms with Crippen molar-refractivity contribution in [3.63, 3.8) is 0 Å². The van der Waals surface area contributed by atoms with Crippen molar-refractivity contribution in [2.45, 2.75) is 33.3 Å². The molecule has 0 spiro atoms. The Labute approximate surface area is 194 Å². The topological polar surface area (TPSA) is 94.8 Å². The zero-order valence-electron chi connectivity index (χ0n) is 18.4. The summed E-state index contributed by atoms with van der Waals surface area (Å²) in [5.41, 5.74) is 2.08. The number of aromatic nitrogens is 3. The van der Waals surface area contributed by atoms with Crippen LogP contribution < -0.4 is 20.3 Å². The molecule has 9 heteroatoms. The molecular formula is C24H24N4O4S. The molecule has 0 unspecified atom stereocenters. The van der Waals surface area contributed by atoms with Crippen molar-refractivity contribution >= 4 is 27.9 Å². The highest BCUT2D eigenvalue weighted by molar-refractivity contribution is 7.16. The Bertz CT molecular complexity index is 1300. The fourth-order valence-corrected chi connectivity index (χ4v) is 4.08. The summed E-state index contributed by atoms with van der Waals surface area (Å²) < 4.78 is 12.6. The smallest absolute Gasteiger partial charge is 0.275 e. The first-order valence-electron chi connectivity index (χ1n) is 10.6. The number of benzene rings is 2. The number of fused-ring (bicyclic) bond motifs is 1. The molecule has 0 saturated heterocycles. The van der Waals surface area contributed by atoms with E-state index >= 15 is 0 Å². The van der Waals surface area contributed by atoms with Crippen molar-refractivity contribution in [1.29, 1.82) is 0 Å². The van der Waals surface area contributed by atoms with Crippen LogP contribution in [-0.4, -0.2) is 27.1 Å². The molecule has 2 aromatic carbocycles. The Hall–Kier alpha value is -3.72. The van der Waals surface area contributed by atoms with Gasteiger partial charge >= 0.3 is 0 Å². The van der Waals surface area contributed by atoms with Gasteiger partial charge in [0.1, 0.15) is 23.1 Å². The Balaban J connectivity index is 1.30. The summed E-state index contributed by atoms with van der Waals surface area (Å²) in [7, 11) is 0. The van der Waals surface area contributed by atoms with E-state index in [0.717, 1.165) is 23.4 Å². The van der Waals surface area contributed by atoms with Gasteiger partial charge in [-0.05, 0) is 49.7 Å². The lowest BCUT2D eigenvalue weighted by Gasteiger charge is -2.09. The molecule has 0 fully saturated rings. The van der Waals surface area contributed by atoms with Gasteiger partial charge in [0.25, 0.3) is 11.5 Å². The highest BCUT2D eigenvalue weighted by atomic mass is 32.1. The Kier molecular flexibility index (Phi) is 6.99. The molecule has 0 aliphatic heterocycles. The van der Waals surface area contributed by atoms with Crippen molar-refractivity contribution in [3.8, 4) is 11.5 Å². The van der Waals surface area contributed by atoms with Gasteiger partial charge in [-0.1, -0.05) is 36.0 Å². The molecule has 0 saturated carbocycles. The third kappa shape index (κ3) is 5.95. The number of nitrogens with zero attached hydrogens (tertiary/aromatic N) is 3. The molecule has 2 aromatic heterocycles. The van der Waals surface area contributed by atoms with E-state index in [1.165, 1.54) is 21.9 Å². The summed E-state index contributed by atoms with van der Waals surface area (Å²) in [5.74, 6) is 0.988. The van der Waals surface area contributed by atoms with E-state index in [2.05, 4.69) is 22.3 Å². The lowest BCUT2D eigenvalue weighted by atomic mass is 10.2. The summed E-state index contributed by atoms with van der Waals surface area (Å²) in [6.45, 7) is 4.13. The third-order valence-electron chi connectivity index (χ3n) is 4.72. The molecule has 1 amide bonds. The van der Waals surface area contributed by atoms with Crippen LogP contribution in [0.4, 0.5) is 5.69 Å². The number of hydrogen-bond donors (Lipinski definition) is 1. The molecule has 2 heterocycles. The molecule has 0 aliphatic rings. The molecule has 33 heavy (non-hydrogen) atoms. The maximum atomic E-state index is 12.3. The standard InChI is InChI=1S/C24H24N4O4S/c1-3-4-22-27-28-23(30)13-18(26-24(28)33-22)14-31-20-11-7-17(8-12-20)25-21(29)15-32-19-9-5-16(2)6-10-19/h5-13H,3-4,14-15H2,1-2H3,(H,25,29). The third-order valence-corrected chi connectivity index (χ3v) is 5.69. The average Bonchev–Trinajstić information content (AvgIpc) is 3.22. The summed E-state index contributed by atoms with van der Waals surface area (Å²) in [4.78, 5) is 29.5. The van der Waals surface area contributed by atoms with Gasteiger partial charge in [0.15, 0.2) is 6.61 Å². The SMILES string of the molecule is CCCc1nn2c(=O)cc(COc3ccc(NC(=O)COc4ccc(C)cc4)cc3)nc2s1. The molecule has 0 aliphatic carbocycles. The lowest BCUT2D eigenvalue weighted by molar-refractivity contribution is -0.118. The Morgan fingerprint density at radius 2 is 1.76 bits per heavy atom. The zero-order chi connectivity index (χ0) is 23.2. The number of amides is 1. The number of carbonyl (C=O) groups is 1. The second-order valence-electron chi connectivity index (χ2n) is 7.49. The largest absolute Gasteiger partial charge is 0.487 e. The van der Waals surface area contributed by atoms with E-state index < -0.39 is 0 Å². The lowest BCUT2D eigenvalue weighted by Crippen LogP contribution is -2.20. The Morgan fingerprint density at radius 3 is 2.48 bits per heavy atom. The quantitative estimate of drug-likeness (QED) is 0.402. The summed E-state index contributed by atoms with van der Waals surface area (Å²) in [5, 5.41) is 7.98. The number of carbonyl (C=O) groups excluding carboxylic acids is 1. The number of anilines is 1. The number of rotatable bonds is 9. The van der Waals surface area contributed by atoms with E-state index in [0.29, 0.717) is 27.8 Å². The molecule has 0 bridgehead atoms. The molecule has 0 atom stereocenters. The average molecular weight is 465 g/mol. The van der Waals surface area contributed by atoms with Crippen molar-refractivity contribution in [1.82, 2.24) is 14.6 Å². The predicted molar refractivity (Wildman–Crippen MR) is 127 cm³/mol. The van der Waals surface area contributed by atoms with Crippen LogP contribution in [-0.2, 0) is 17.8 Å². The molecule has 170 valence electrons. The van der Waals surface area contributed by atoms with E-state index in [1.807, 2.05) is 31.2 Å². The second-order valence-corrected chi connectivity index (χ2v) is 8.53. The molecule has 0 radical (unpaired) electrons. The van der Waals surface area contributed by atoms with Crippen LogP contribution in [0.5, 0.6) is 11.5 Å². The molecule has 8 nitrogen and oxygen atoms in total. The fraction of sp³-hybridized carbons (Fsp3) is 0.250. The van der Waals surface area contributed by atoms with Crippen LogP contribution >= 0.6 is 11.3 Å². The van der Waals surface area contributed by atoms with Crippen LogP contribution in [0.2, 0.25) is 0 Å². The van der Waals surface area contributed by atoms with E-state index in [9.17, 15) is 9.59 Å². The maximum absolute atomic E-state index is 12.3. The second kappa shape index (κ2) is 10.3. The summed E-state index contributed by atoms with van der Waals surface area (Å²) >= 11 is 1.42. The maximum Gasteiger partial charge on any atom is 0.275 e. The summed E-state index contributed by atoms with van der Waals surface area (Å²) in [6.07, 6.45) is 1.78. The van der Waals surface area contributed by atoms with E-state index in [-0.39, 0.29) is 24.7 Å². The fourth-order valence-electron chi connectivity index (χ4n) is 3.06. The minimum atomic E-state index is -0.255. The molecule has 1 N–H and O–H groups in total. The minimum Gasteiger partial charge on any atom is -0.487 e.